The van der Waals surface area contributed by atoms with E-state index >= 15 is 0 Å². The zero-order valence-corrected chi connectivity index (χ0v) is 17.0. The Labute approximate surface area is 176 Å². The molecule has 0 fully saturated rings. The highest BCUT2D eigenvalue weighted by Gasteiger charge is 2.30. The summed E-state index contributed by atoms with van der Waals surface area (Å²) in [5.74, 6) is -1.37. The summed E-state index contributed by atoms with van der Waals surface area (Å²) in [5, 5.41) is 2.89. The number of carbonyl (C=O) groups is 3. The van der Waals surface area contributed by atoms with Gasteiger partial charge in [0.25, 0.3) is 0 Å². The van der Waals surface area contributed by atoms with Crippen LogP contribution in [-0.2, 0) is 25.7 Å². The number of amides is 1. The summed E-state index contributed by atoms with van der Waals surface area (Å²) in [6.45, 7) is 1.75. The number of para-hydroxylation sites is 2. The maximum atomic E-state index is 12.4. The second kappa shape index (κ2) is 8.62. The molecule has 8 heteroatoms. The Kier molecular flexibility index (Phi) is 5.76. The van der Waals surface area contributed by atoms with Crippen molar-refractivity contribution in [3.63, 3.8) is 0 Å². The largest absolute Gasteiger partial charge is 0.461 e. The number of carbonyl (C=O) groups excluding carboxylic acids is 3. The van der Waals surface area contributed by atoms with E-state index in [2.05, 4.69) is 5.32 Å². The lowest BCUT2D eigenvalue weighted by molar-refractivity contribution is -0.145. The lowest BCUT2D eigenvalue weighted by atomic mass is 10.1. The number of ether oxygens (including phenoxy) is 2. The molecule has 7 nitrogen and oxygen atoms in total. The Morgan fingerprint density at radius 1 is 1.10 bits per heavy atom. The number of thioether (sulfide) groups is 1. The van der Waals surface area contributed by atoms with Crippen LogP contribution in [0.3, 0.4) is 0 Å². The van der Waals surface area contributed by atoms with Crippen molar-refractivity contribution < 1.29 is 28.3 Å². The van der Waals surface area contributed by atoms with Gasteiger partial charge in [-0.1, -0.05) is 30.3 Å². The second-order valence-corrected chi connectivity index (χ2v) is 7.83. The van der Waals surface area contributed by atoms with Gasteiger partial charge in [0.1, 0.15) is 12.2 Å². The van der Waals surface area contributed by atoms with Crippen LogP contribution in [-0.4, -0.2) is 29.7 Å². The predicted octanol–water partition coefficient (Wildman–Crippen LogP) is 4.16. The van der Waals surface area contributed by atoms with E-state index in [1.54, 1.807) is 31.2 Å². The van der Waals surface area contributed by atoms with Crippen molar-refractivity contribution in [2.24, 2.45) is 0 Å². The molecule has 2 heterocycles. The number of anilines is 1. The molecule has 0 radical (unpaired) electrons. The van der Waals surface area contributed by atoms with Crippen LogP contribution < -0.4 is 5.32 Å². The summed E-state index contributed by atoms with van der Waals surface area (Å²) < 4.78 is 16.1. The molecule has 1 aromatic heterocycles. The van der Waals surface area contributed by atoms with E-state index in [1.165, 1.54) is 11.8 Å². The highest BCUT2D eigenvalue weighted by Crippen LogP contribution is 2.37. The van der Waals surface area contributed by atoms with Crippen LogP contribution >= 0.6 is 11.8 Å². The fourth-order valence-electron chi connectivity index (χ4n) is 3.19. The van der Waals surface area contributed by atoms with Gasteiger partial charge >= 0.3 is 11.9 Å². The van der Waals surface area contributed by atoms with E-state index in [0.29, 0.717) is 16.5 Å². The van der Waals surface area contributed by atoms with Gasteiger partial charge in [0.15, 0.2) is 0 Å². The zero-order chi connectivity index (χ0) is 21.1. The van der Waals surface area contributed by atoms with E-state index in [9.17, 15) is 14.4 Å². The number of benzene rings is 2. The van der Waals surface area contributed by atoms with Crippen molar-refractivity contribution in [3.8, 4) is 0 Å². The summed E-state index contributed by atoms with van der Waals surface area (Å²) in [5.41, 5.74) is 1.69. The van der Waals surface area contributed by atoms with Crippen LogP contribution in [0.25, 0.3) is 11.0 Å². The summed E-state index contributed by atoms with van der Waals surface area (Å²) in [4.78, 5) is 37.9. The third-order valence-electron chi connectivity index (χ3n) is 4.60. The third-order valence-corrected chi connectivity index (χ3v) is 5.87. The van der Waals surface area contributed by atoms with Crippen LogP contribution in [0.5, 0.6) is 0 Å². The van der Waals surface area contributed by atoms with Gasteiger partial charge in [-0.3, -0.25) is 9.59 Å². The number of furan rings is 1. The van der Waals surface area contributed by atoms with E-state index < -0.39 is 17.2 Å². The standard InChI is InChI=1S/C22H19NO6S/c1-2-27-22(26)20-14(13-7-3-5-9-16(13)29-20)12-28-19(24)11-18-21(25)23-15-8-4-6-10-17(15)30-18/h3-10,18H,2,11-12H2,1H3,(H,23,25)/t18-/m1/s1. The Bertz CT molecular complexity index is 1120. The van der Waals surface area contributed by atoms with Crippen molar-refractivity contribution in [1.29, 1.82) is 0 Å². The first-order valence-electron chi connectivity index (χ1n) is 9.46. The van der Waals surface area contributed by atoms with Crippen molar-refractivity contribution >= 4 is 46.3 Å². The van der Waals surface area contributed by atoms with Gasteiger partial charge in [-0.15, -0.1) is 11.8 Å². The van der Waals surface area contributed by atoms with Crippen LogP contribution in [0.2, 0.25) is 0 Å². The van der Waals surface area contributed by atoms with Gasteiger partial charge in [-0.25, -0.2) is 4.79 Å². The molecule has 0 saturated heterocycles. The first-order chi connectivity index (χ1) is 14.6. The van der Waals surface area contributed by atoms with Crippen LogP contribution in [0.15, 0.2) is 57.8 Å². The van der Waals surface area contributed by atoms with Crippen molar-refractivity contribution in [2.75, 3.05) is 11.9 Å². The van der Waals surface area contributed by atoms with Crippen molar-refractivity contribution in [3.05, 3.63) is 59.9 Å². The normalized spacial score (nSPS) is 15.4. The maximum Gasteiger partial charge on any atom is 0.374 e. The minimum atomic E-state index is -0.612. The minimum Gasteiger partial charge on any atom is -0.461 e. The molecule has 3 aromatic rings. The summed E-state index contributed by atoms with van der Waals surface area (Å²) >= 11 is 1.33. The van der Waals surface area contributed by atoms with E-state index in [4.69, 9.17) is 13.9 Å². The Hall–Kier alpha value is -3.26. The molecule has 1 N–H and O–H groups in total. The number of esters is 2. The molecule has 2 aromatic carbocycles. The number of fused-ring (bicyclic) bond motifs is 2. The molecule has 0 unspecified atom stereocenters. The van der Waals surface area contributed by atoms with Crippen molar-refractivity contribution in [1.82, 2.24) is 0 Å². The van der Waals surface area contributed by atoms with Gasteiger partial charge in [0.2, 0.25) is 11.7 Å². The molecular weight excluding hydrogens is 406 g/mol. The molecular formula is C22H19NO6S. The molecule has 1 amide bonds. The highest BCUT2D eigenvalue weighted by molar-refractivity contribution is 8.01. The van der Waals surface area contributed by atoms with E-state index in [1.807, 2.05) is 24.3 Å². The van der Waals surface area contributed by atoms with Gasteiger partial charge in [-0.2, -0.15) is 0 Å². The van der Waals surface area contributed by atoms with E-state index in [0.717, 1.165) is 10.6 Å². The van der Waals surface area contributed by atoms with Crippen LogP contribution in [0.1, 0.15) is 29.5 Å². The summed E-state index contributed by atoms with van der Waals surface area (Å²) in [6, 6.07) is 14.5. The first-order valence-corrected chi connectivity index (χ1v) is 10.3. The molecule has 154 valence electrons. The zero-order valence-electron chi connectivity index (χ0n) is 16.2. The number of nitrogens with one attached hydrogen (secondary N) is 1. The van der Waals surface area contributed by atoms with Gasteiger partial charge in [0, 0.05) is 10.3 Å². The highest BCUT2D eigenvalue weighted by atomic mass is 32.2. The quantitative estimate of drug-likeness (QED) is 0.593. The molecule has 0 spiro atoms. The summed E-state index contributed by atoms with van der Waals surface area (Å²) in [6.07, 6.45) is -0.0879. The third kappa shape index (κ3) is 4.04. The lowest BCUT2D eigenvalue weighted by Crippen LogP contribution is -2.31. The van der Waals surface area contributed by atoms with E-state index in [-0.39, 0.29) is 31.3 Å². The van der Waals surface area contributed by atoms with Gasteiger partial charge in [0.05, 0.1) is 29.5 Å². The lowest BCUT2D eigenvalue weighted by Gasteiger charge is -2.23. The summed E-state index contributed by atoms with van der Waals surface area (Å²) in [7, 11) is 0. The topological polar surface area (TPSA) is 94.8 Å². The average Bonchev–Trinajstić information content (AvgIpc) is 3.12. The van der Waals surface area contributed by atoms with Gasteiger partial charge in [-0.05, 0) is 25.1 Å². The molecule has 1 aliphatic rings. The number of hydrogen-bond acceptors (Lipinski definition) is 7. The van der Waals surface area contributed by atoms with Gasteiger partial charge < -0.3 is 19.2 Å². The fraction of sp³-hybridized carbons (Fsp3) is 0.227. The first kappa shape index (κ1) is 20.0. The van der Waals surface area contributed by atoms with Crippen molar-refractivity contribution in [2.45, 2.75) is 30.1 Å². The second-order valence-electron chi connectivity index (χ2n) is 6.58. The molecule has 1 aliphatic heterocycles. The molecule has 0 bridgehead atoms. The molecule has 30 heavy (non-hydrogen) atoms. The van der Waals surface area contributed by atoms with Crippen LogP contribution in [0, 0.1) is 0 Å². The smallest absolute Gasteiger partial charge is 0.374 e. The average molecular weight is 425 g/mol. The molecule has 0 aliphatic carbocycles. The molecule has 1 atom stereocenters. The SMILES string of the molecule is CCOC(=O)c1oc2ccccc2c1COC(=O)C[C@H]1Sc2ccccc2NC1=O. The predicted molar refractivity (Wildman–Crippen MR) is 111 cm³/mol. The molecule has 4 rings (SSSR count). The van der Waals surface area contributed by atoms with Crippen LogP contribution in [0.4, 0.5) is 5.69 Å². The minimum absolute atomic E-state index is 0.0181. The fourth-order valence-corrected chi connectivity index (χ4v) is 4.29. The Balaban J connectivity index is 1.46. The molecule has 0 saturated carbocycles. The number of hydrogen-bond donors (Lipinski definition) is 1. The Morgan fingerprint density at radius 3 is 2.70 bits per heavy atom. The monoisotopic (exact) mass is 425 g/mol. The Morgan fingerprint density at radius 2 is 1.87 bits per heavy atom. The number of rotatable bonds is 6. The maximum absolute atomic E-state index is 12.4.